The molecule has 15 heavy (non-hydrogen) atoms. The number of alkyl halides is 1. The molecule has 0 aliphatic heterocycles. The number of aryl methyl sites for hydroxylation is 1. The van der Waals surface area contributed by atoms with Gasteiger partial charge in [-0.05, 0) is 12.1 Å². The number of rotatable bonds is 3. The summed E-state index contributed by atoms with van der Waals surface area (Å²) in [6.45, 7) is 2.10. The summed E-state index contributed by atoms with van der Waals surface area (Å²) < 4.78 is 7.40. The molecule has 0 aliphatic rings. The zero-order valence-corrected chi connectivity index (χ0v) is 10.4. The van der Waals surface area contributed by atoms with Crippen LogP contribution in [0.2, 0.25) is 0 Å². The van der Waals surface area contributed by atoms with Crippen LogP contribution in [0.5, 0.6) is 5.88 Å². The van der Waals surface area contributed by atoms with Crippen LogP contribution < -0.4 is 4.74 Å². The van der Waals surface area contributed by atoms with E-state index < -0.39 is 0 Å². The molecule has 0 saturated heterocycles. The fraction of sp³-hybridized carbons (Fsp3) is 0.364. The van der Waals surface area contributed by atoms with Crippen LogP contribution in [-0.2, 0) is 11.8 Å². The molecule has 0 fully saturated rings. The van der Waals surface area contributed by atoms with Gasteiger partial charge >= 0.3 is 0 Å². The van der Waals surface area contributed by atoms with Gasteiger partial charge in [0.1, 0.15) is 5.82 Å². The molecule has 3 nitrogen and oxygen atoms in total. The lowest BCUT2D eigenvalue weighted by Gasteiger charge is -2.05. The Kier molecular flexibility index (Phi) is 2.95. The van der Waals surface area contributed by atoms with E-state index in [9.17, 15) is 0 Å². The van der Waals surface area contributed by atoms with E-state index in [1.165, 1.54) is 0 Å². The number of halogens is 1. The highest BCUT2D eigenvalue weighted by Gasteiger charge is 2.11. The molecule has 2 aromatic rings. The molecule has 2 aromatic heterocycles. The Balaban J connectivity index is 2.78. The second-order valence-corrected chi connectivity index (χ2v) is 3.81. The average Bonchev–Trinajstić information content (AvgIpc) is 2.66. The molecule has 80 valence electrons. The summed E-state index contributed by atoms with van der Waals surface area (Å²) >= 11 is 3.45. The Morgan fingerprint density at radius 2 is 2.27 bits per heavy atom. The third-order valence-electron chi connectivity index (χ3n) is 2.42. The number of aromatic nitrogens is 2. The first-order chi connectivity index (χ1) is 7.31. The molecular formula is C11H13BrN2O. The van der Waals surface area contributed by atoms with E-state index in [4.69, 9.17) is 4.74 Å². The van der Waals surface area contributed by atoms with Crippen molar-refractivity contribution in [3.05, 3.63) is 29.7 Å². The first-order valence-electron chi connectivity index (χ1n) is 4.91. The highest BCUT2D eigenvalue weighted by Crippen LogP contribution is 2.22. The molecule has 4 heteroatoms. The molecule has 2 heterocycles. The Morgan fingerprint density at radius 1 is 1.47 bits per heavy atom. The number of ether oxygens (including phenoxy) is 1. The van der Waals surface area contributed by atoms with Crippen molar-refractivity contribution in [2.75, 3.05) is 7.11 Å². The molecule has 0 radical (unpaired) electrons. The Hall–Kier alpha value is -1.03. The maximum atomic E-state index is 5.34. The predicted octanol–water partition coefficient (Wildman–Crippen LogP) is 2.80. The molecule has 0 bridgehead atoms. The fourth-order valence-electron chi connectivity index (χ4n) is 1.74. The topological polar surface area (TPSA) is 26.5 Å². The fourth-order valence-corrected chi connectivity index (χ4v) is 2.15. The summed E-state index contributed by atoms with van der Waals surface area (Å²) in [4.78, 5) is 4.57. The van der Waals surface area contributed by atoms with E-state index >= 15 is 0 Å². The first kappa shape index (κ1) is 10.5. The Bertz CT molecular complexity index is 479. The molecule has 0 saturated carbocycles. The molecule has 0 atom stereocenters. The van der Waals surface area contributed by atoms with Crippen molar-refractivity contribution in [3.63, 3.8) is 0 Å². The van der Waals surface area contributed by atoms with Gasteiger partial charge in [0.05, 0.1) is 18.3 Å². The molecule has 2 rings (SSSR count). The highest BCUT2D eigenvalue weighted by atomic mass is 79.9. The molecule has 0 unspecified atom stereocenters. The van der Waals surface area contributed by atoms with Crippen molar-refractivity contribution in [1.82, 2.24) is 9.38 Å². The van der Waals surface area contributed by atoms with Crippen LogP contribution in [0.1, 0.15) is 18.4 Å². The van der Waals surface area contributed by atoms with Gasteiger partial charge in [0.15, 0.2) is 5.88 Å². The van der Waals surface area contributed by atoms with E-state index in [1.54, 1.807) is 7.11 Å². The van der Waals surface area contributed by atoms with Crippen LogP contribution in [0.25, 0.3) is 5.52 Å². The average molecular weight is 269 g/mol. The van der Waals surface area contributed by atoms with Crippen molar-refractivity contribution in [2.45, 2.75) is 18.7 Å². The second-order valence-electron chi connectivity index (χ2n) is 3.25. The minimum absolute atomic E-state index is 0.768. The summed E-state index contributed by atoms with van der Waals surface area (Å²) in [7, 11) is 1.68. The number of imidazole rings is 1. The van der Waals surface area contributed by atoms with Gasteiger partial charge in [-0.1, -0.05) is 28.9 Å². The molecule has 0 aliphatic carbocycles. The van der Waals surface area contributed by atoms with Crippen molar-refractivity contribution in [1.29, 1.82) is 0 Å². The molecule has 0 aromatic carbocycles. The Morgan fingerprint density at radius 3 is 2.87 bits per heavy atom. The normalized spacial score (nSPS) is 10.9. The summed E-state index contributed by atoms with van der Waals surface area (Å²) in [6, 6.07) is 6.00. The molecule has 0 spiro atoms. The van der Waals surface area contributed by atoms with E-state index in [1.807, 2.05) is 12.1 Å². The van der Waals surface area contributed by atoms with Crippen molar-refractivity contribution < 1.29 is 4.74 Å². The lowest BCUT2D eigenvalue weighted by molar-refractivity contribution is 0.390. The van der Waals surface area contributed by atoms with Crippen molar-refractivity contribution in [2.24, 2.45) is 0 Å². The maximum absolute atomic E-state index is 5.34. The van der Waals surface area contributed by atoms with Gasteiger partial charge in [-0.25, -0.2) is 4.98 Å². The molecular weight excluding hydrogens is 256 g/mol. The minimum Gasteiger partial charge on any atom is -0.482 e. The van der Waals surface area contributed by atoms with Gasteiger partial charge < -0.3 is 4.74 Å². The van der Waals surface area contributed by atoms with Gasteiger partial charge in [-0.2, -0.15) is 0 Å². The summed E-state index contributed by atoms with van der Waals surface area (Å²) in [5.41, 5.74) is 2.17. The van der Waals surface area contributed by atoms with Gasteiger partial charge in [0, 0.05) is 11.8 Å². The zero-order chi connectivity index (χ0) is 10.8. The lowest BCUT2D eigenvalue weighted by Crippen LogP contribution is -1.97. The third-order valence-corrected chi connectivity index (χ3v) is 2.96. The van der Waals surface area contributed by atoms with Crippen LogP contribution in [0.3, 0.4) is 0 Å². The van der Waals surface area contributed by atoms with Crippen LogP contribution in [0.4, 0.5) is 0 Å². The van der Waals surface area contributed by atoms with Gasteiger partial charge in [-0.15, -0.1) is 0 Å². The van der Waals surface area contributed by atoms with Crippen LogP contribution in [0.15, 0.2) is 18.2 Å². The lowest BCUT2D eigenvalue weighted by atomic mass is 10.3. The number of nitrogens with zero attached hydrogens (tertiary/aromatic N) is 2. The van der Waals surface area contributed by atoms with Crippen molar-refractivity contribution in [3.8, 4) is 5.88 Å². The smallest absolute Gasteiger partial charge is 0.199 e. The maximum Gasteiger partial charge on any atom is 0.199 e. The van der Waals surface area contributed by atoms with Crippen LogP contribution >= 0.6 is 15.9 Å². The SMILES string of the molecule is CCc1nc(CBr)c2cccc(OC)n12. The minimum atomic E-state index is 0.768. The number of hydrogen-bond acceptors (Lipinski definition) is 2. The van der Waals surface area contributed by atoms with E-state index in [-0.39, 0.29) is 0 Å². The highest BCUT2D eigenvalue weighted by molar-refractivity contribution is 9.08. The predicted molar refractivity (Wildman–Crippen MR) is 63.8 cm³/mol. The van der Waals surface area contributed by atoms with Gasteiger partial charge in [-0.3, -0.25) is 4.40 Å². The second kappa shape index (κ2) is 4.23. The largest absolute Gasteiger partial charge is 0.482 e. The summed E-state index contributed by atoms with van der Waals surface area (Å²) in [5, 5.41) is 0.768. The first-order valence-corrected chi connectivity index (χ1v) is 6.03. The standard InChI is InChI=1S/C11H13BrN2O/c1-3-10-13-8(7-12)9-5-4-6-11(15-2)14(9)10/h4-6H,3,7H2,1-2H3. The van der Waals surface area contributed by atoms with Gasteiger partial charge in [0.2, 0.25) is 0 Å². The van der Waals surface area contributed by atoms with Crippen LogP contribution in [0, 0.1) is 0 Å². The van der Waals surface area contributed by atoms with E-state index in [0.29, 0.717) is 0 Å². The van der Waals surface area contributed by atoms with Crippen molar-refractivity contribution >= 4 is 21.4 Å². The Labute approximate surface area is 97.2 Å². The quantitative estimate of drug-likeness (QED) is 0.801. The number of fused-ring (bicyclic) bond motifs is 1. The monoisotopic (exact) mass is 268 g/mol. The number of pyridine rings is 1. The van der Waals surface area contributed by atoms with Crippen LogP contribution in [-0.4, -0.2) is 16.5 Å². The van der Waals surface area contributed by atoms with E-state index in [2.05, 4.69) is 38.3 Å². The molecule has 0 N–H and O–H groups in total. The number of methoxy groups -OCH3 is 1. The summed E-state index contributed by atoms with van der Waals surface area (Å²) in [6.07, 6.45) is 0.897. The summed E-state index contributed by atoms with van der Waals surface area (Å²) in [5.74, 6) is 1.88. The zero-order valence-electron chi connectivity index (χ0n) is 8.83. The number of hydrogen-bond donors (Lipinski definition) is 0. The van der Waals surface area contributed by atoms with E-state index in [0.717, 1.165) is 34.7 Å². The van der Waals surface area contributed by atoms with Gasteiger partial charge in [0.25, 0.3) is 0 Å². The molecule has 0 amide bonds. The third kappa shape index (κ3) is 1.63.